The molecule has 0 amide bonds. The molecule has 14 heteroatoms. The summed E-state index contributed by atoms with van der Waals surface area (Å²) in [7, 11) is -2.33. The summed E-state index contributed by atoms with van der Waals surface area (Å²) < 4.78 is 31.0. The van der Waals surface area contributed by atoms with Crippen LogP contribution in [0.5, 0.6) is 11.5 Å². The van der Waals surface area contributed by atoms with E-state index in [4.69, 9.17) is 14.2 Å². The van der Waals surface area contributed by atoms with Gasteiger partial charge < -0.3 is 48.4 Å². The van der Waals surface area contributed by atoms with Gasteiger partial charge in [-0.25, -0.2) is 0 Å². The van der Waals surface area contributed by atoms with E-state index < -0.39 is 44.9 Å². The van der Waals surface area contributed by atoms with E-state index in [1.807, 2.05) is 0 Å². The molecular weight excluding hydrogens is 527 g/mol. The molecule has 0 saturated carbocycles. The Labute approximate surface area is 258 Å². The number of phosphoric acid groups is 1. The van der Waals surface area contributed by atoms with Crippen molar-refractivity contribution in [3.63, 3.8) is 0 Å². The molecular formula is C23H24NNa2O10P. The Kier molecular flexibility index (Phi) is 14.0. The third-order valence-electron chi connectivity index (χ3n) is 5.50. The van der Waals surface area contributed by atoms with Crippen LogP contribution in [-0.2, 0) is 13.8 Å². The number of rotatable bonds is 8. The van der Waals surface area contributed by atoms with E-state index in [2.05, 4.69) is 10.6 Å². The van der Waals surface area contributed by atoms with Crippen LogP contribution in [0.4, 0.5) is 0 Å². The molecule has 1 aliphatic rings. The fourth-order valence-electron chi connectivity index (χ4n) is 3.66. The number of hydrogen-bond donors (Lipinski definition) is 3. The third kappa shape index (κ3) is 8.86. The van der Waals surface area contributed by atoms with Crippen LogP contribution >= 0.6 is 7.82 Å². The smallest absolute Gasteiger partial charge is 0.790 e. The minimum absolute atomic E-state index is 0. The maximum Gasteiger partial charge on any atom is 1.00 e. The van der Waals surface area contributed by atoms with Crippen molar-refractivity contribution in [1.82, 2.24) is 0 Å². The first-order valence-corrected chi connectivity index (χ1v) is 11.8. The molecule has 2 aromatic rings. The standard InChI is InChI=1S/C23H26NO10P.2Na/c1-31-17-8-7-15(10-18(17)32-2)16(11-24)9-13-3-5-14(6-4-13)23-22(27)21(26)20(25)19(34-23)12-33-35(28,29)30;;/h3-10,19-23,25-27H,12H2,1-2H3,(H2,28,29,30);;/q;2*+1/p-2/b16-9+;;/t19-,20-,21+,22-,23+;;/m1../s1. The van der Waals surface area contributed by atoms with E-state index in [1.54, 1.807) is 48.5 Å². The molecule has 3 rings (SSSR count). The second kappa shape index (κ2) is 15.1. The molecule has 3 N–H and O–H groups in total. The van der Waals surface area contributed by atoms with Gasteiger partial charge in [-0.15, -0.1) is 0 Å². The van der Waals surface area contributed by atoms with Gasteiger partial charge in [0.2, 0.25) is 0 Å². The number of ether oxygens (including phenoxy) is 3. The Bertz CT molecular complexity index is 1150. The Morgan fingerprint density at radius 3 is 2.19 bits per heavy atom. The summed E-state index contributed by atoms with van der Waals surface area (Å²) in [5, 5.41) is 40.2. The van der Waals surface area contributed by atoms with Crippen molar-refractivity contribution in [2.45, 2.75) is 30.5 Å². The quantitative estimate of drug-likeness (QED) is 0.123. The molecule has 0 bridgehead atoms. The van der Waals surface area contributed by atoms with E-state index in [0.717, 1.165) is 0 Å². The van der Waals surface area contributed by atoms with Crippen molar-refractivity contribution in [3.05, 3.63) is 59.2 Å². The molecule has 0 unspecified atom stereocenters. The number of methoxy groups -OCH3 is 2. The van der Waals surface area contributed by atoms with E-state index in [-0.39, 0.29) is 59.1 Å². The van der Waals surface area contributed by atoms with Crippen molar-refractivity contribution in [3.8, 4) is 17.6 Å². The van der Waals surface area contributed by atoms with Gasteiger partial charge in [-0.2, -0.15) is 5.26 Å². The number of aliphatic hydroxyl groups excluding tert-OH is 3. The van der Waals surface area contributed by atoms with Crippen molar-refractivity contribution in [2.75, 3.05) is 20.8 Å². The van der Waals surface area contributed by atoms with Gasteiger partial charge in [0.25, 0.3) is 0 Å². The first kappa shape index (κ1) is 34.2. The third-order valence-corrected chi connectivity index (χ3v) is 5.97. The molecule has 1 saturated heterocycles. The zero-order chi connectivity index (χ0) is 25.8. The van der Waals surface area contributed by atoms with E-state index in [0.29, 0.717) is 33.8 Å². The van der Waals surface area contributed by atoms with Crippen LogP contribution in [0, 0.1) is 11.3 Å². The summed E-state index contributed by atoms with van der Waals surface area (Å²) in [6.07, 6.45) is -5.75. The largest absolute Gasteiger partial charge is 1.00 e. The molecule has 1 fully saturated rings. The summed E-state index contributed by atoms with van der Waals surface area (Å²) in [6.45, 7) is -0.816. The zero-order valence-corrected chi connectivity index (χ0v) is 25.7. The van der Waals surface area contributed by atoms with Crippen LogP contribution in [0.25, 0.3) is 11.6 Å². The monoisotopic (exact) mass is 551 g/mol. The van der Waals surface area contributed by atoms with E-state index in [1.165, 1.54) is 14.2 Å². The molecule has 0 spiro atoms. The number of allylic oxidation sites excluding steroid dienone is 1. The normalized spacial score (nSPS) is 23.7. The maximum absolute atomic E-state index is 10.8. The molecule has 37 heavy (non-hydrogen) atoms. The van der Waals surface area contributed by atoms with Gasteiger partial charge in [-0.3, -0.25) is 0 Å². The average Bonchev–Trinajstić information content (AvgIpc) is 2.85. The summed E-state index contributed by atoms with van der Waals surface area (Å²) in [6, 6.07) is 13.7. The van der Waals surface area contributed by atoms with Gasteiger partial charge in [0.15, 0.2) is 11.5 Å². The second-order valence-corrected chi connectivity index (χ2v) is 8.87. The topological polar surface area (TPSA) is 185 Å². The van der Waals surface area contributed by atoms with Crippen LogP contribution in [0.15, 0.2) is 42.5 Å². The minimum Gasteiger partial charge on any atom is -0.790 e. The number of aliphatic hydroxyl groups is 3. The predicted octanol–water partition coefficient (Wildman–Crippen LogP) is -5.86. The molecule has 0 radical (unpaired) electrons. The summed E-state index contributed by atoms with van der Waals surface area (Å²) in [5.41, 5.74) is 2.00. The first-order valence-electron chi connectivity index (χ1n) is 10.4. The maximum atomic E-state index is 10.8. The molecule has 5 atom stereocenters. The molecule has 11 nitrogen and oxygen atoms in total. The van der Waals surface area contributed by atoms with Gasteiger partial charge in [-0.05, 0) is 41.0 Å². The molecule has 1 aliphatic heterocycles. The summed E-state index contributed by atoms with van der Waals surface area (Å²) in [5.74, 6) is 0.989. The molecule has 188 valence electrons. The fraction of sp³-hybridized carbons (Fsp3) is 0.348. The minimum atomic E-state index is -5.33. The second-order valence-electron chi connectivity index (χ2n) is 7.72. The van der Waals surface area contributed by atoms with Crippen LogP contribution in [0.1, 0.15) is 22.8 Å². The van der Waals surface area contributed by atoms with Crippen molar-refractivity contribution >= 4 is 19.5 Å². The van der Waals surface area contributed by atoms with E-state index in [9.17, 15) is 34.9 Å². The zero-order valence-electron chi connectivity index (χ0n) is 20.8. The number of hydrogen-bond acceptors (Lipinski definition) is 11. The Morgan fingerprint density at radius 1 is 1.03 bits per heavy atom. The van der Waals surface area contributed by atoms with Gasteiger partial charge in [0, 0.05) is 0 Å². The Balaban J connectivity index is 0.00000342. The first-order chi connectivity index (χ1) is 16.6. The van der Waals surface area contributed by atoms with Crippen LogP contribution < -0.4 is 78.4 Å². The summed E-state index contributed by atoms with van der Waals surface area (Å²) >= 11 is 0. The Hall–Kier alpha value is -0.780. The van der Waals surface area contributed by atoms with Crippen molar-refractivity contribution in [1.29, 1.82) is 5.26 Å². The van der Waals surface area contributed by atoms with Crippen LogP contribution in [0.3, 0.4) is 0 Å². The SMILES string of the molecule is COc1ccc(/C(C#N)=C/c2ccc([C@@H]3O[C@H](COP(=O)([O-])[O-])[C@@H](O)[C@H](O)[C@H]3O)cc2)cc1OC.[Na+].[Na+]. The van der Waals surface area contributed by atoms with Gasteiger partial charge in [-0.1, -0.05) is 24.3 Å². The van der Waals surface area contributed by atoms with Gasteiger partial charge in [0.1, 0.15) is 30.5 Å². The predicted molar refractivity (Wildman–Crippen MR) is 119 cm³/mol. The van der Waals surface area contributed by atoms with Crippen LogP contribution in [0.2, 0.25) is 0 Å². The Morgan fingerprint density at radius 2 is 1.65 bits per heavy atom. The number of phosphoric ester groups is 1. The molecule has 2 aromatic carbocycles. The van der Waals surface area contributed by atoms with Gasteiger partial charge in [0.05, 0.1) is 40.3 Å². The van der Waals surface area contributed by atoms with E-state index >= 15 is 0 Å². The van der Waals surface area contributed by atoms with Crippen molar-refractivity contribution < 1.29 is 108 Å². The van der Waals surface area contributed by atoms with Crippen molar-refractivity contribution in [2.24, 2.45) is 0 Å². The van der Waals surface area contributed by atoms with Crippen LogP contribution in [-0.4, -0.2) is 60.6 Å². The fourth-order valence-corrected chi connectivity index (χ4v) is 3.99. The molecule has 0 aliphatic carbocycles. The molecule has 0 aromatic heterocycles. The number of benzene rings is 2. The summed E-state index contributed by atoms with van der Waals surface area (Å²) in [4.78, 5) is 21.5. The molecule has 1 heterocycles. The van der Waals surface area contributed by atoms with Gasteiger partial charge >= 0.3 is 59.1 Å². The number of nitrogens with zero attached hydrogens (tertiary/aromatic N) is 1. The number of nitriles is 1. The average molecular weight is 551 g/mol.